The zero-order valence-electron chi connectivity index (χ0n) is 21.6. The minimum atomic E-state index is -1.69. The first kappa shape index (κ1) is 27.6. The molecule has 2 aromatic carbocycles. The molecular weight excluding hydrogens is 528 g/mol. The third-order valence-electron chi connectivity index (χ3n) is 5.89. The lowest BCUT2D eigenvalue weighted by Crippen LogP contribution is -2.53. The number of aliphatic hydroxyl groups is 1. The number of ether oxygens (including phenoxy) is 2. The molecule has 2 aliphatic rings. The van der Waals surface area contributed by atoms with E-state index in [4.69, 9.17) is 9.47 Å². The van der Waals surface area contributed by atoms with E-state index in [1.807, 2.05) is 0 Å². The Labute approximate surface area is 226 Å². The fraction of sp³-hybridized carbons (Fsp3) is 0.200. The monoisotopic (exact) mass is 550 g/mol. The number of imide groups is 3. The van der Waals surface area contributed by atoms with Crippen molar-refractivity contribution in [2.45, 2.75) is 13.2 Å². The van der Waals surface area contributed by atoms with E-state index in [9.17, 15) is 33.9 Å². The van der Waals surface area contributed by atoms with Gasteiger partial charge in [0, 0.05) is 21.0 Å². The summed E-state index contributed by atoms with van der Waals surface area (Å²) in [5.74, 6) is -3.87. The van der Waals surface area contributed by atoms with Crippen LogP contribution in [0, 0.1) is 0 Å². The number of methoxy groups -OCH3 is 1. The first-order valence-corrected chi connectivity index (χ1v) is 11.5. The van der Waals surface area contributed by atoms with Gasteiger partial charge in [-0.05, 0) is 24.3 Å². The average Bonchev–Trinajstić information content (AvgIpc) is 3.19. The number of hydrogen-bond donors (Lipinski definition) is 2. The number of esters is 1. The van der Waals surface area contributed by atoms with Gasteiger partial charge in [-0.15, -0.1) is 10.2 Å². The molecule has 40 heavy (non-hydrogen) atoms. The van der Waals surface area contributed by atoms with Gasteiger partial charge in [-0.25, -0.2) is 14.4 Å². The second-order valence-electron chi connectivity index (χ2n) is 8.44. The van der Waals surface area contributed by atoms with Crippen molar-refractivity contribution in [2.75, 3.05) is 21.2 Å². The highest BCUT2D eigenvalue weighted by atomic mass is 16.6. The Balaban J connectivity index is 1.83. The molecule has 1 unspecified atom stereocenters. The van der Waals surface area contributed by atoms with Crippen LogP contribution >= 0.6 is 0 Å². The molecule has 6 amide bonds. The summed E-state index contributed by atoms with van der Waals surface area (Å²) in [7, 11) is 3.65. The maximum absolute atomic E-state index is 13.4. The largest absolute Gasteiger partial charge is 0.465 e. The topological polar surface area (TPSA) is 188 Å². The molecule has 0 saturated heterocycles. The molecule has 0 aromatic heterocycles. The number of azo groups is 1. The Hall–Kier alpha value is -5.44. The normalized spacial score (nSPS) is 17.0. The third kappa shape index (κ3) is 4.76. The molecule has 0 radical (unpaired) electrons. The predicted octanol–water partition coefficient (Wildman–Crippen LogP) is 1.97. The van der Waals surface area contributed by atoms with E-state index >= 15 is 0 Å². The molecule has 2 N–H and O–H groups in total. The quantitative estimate of drug-likeness (QED) is 0.319. The average molecular weight is 550 g/mol. The minimum absolute atomic E-state index is 0.0747. The van der Waals surface area contributed by atoms with E-state index in [1.54, 1.807) is 18.2 Å². The summed E-state index contributed by atoms with van der Waals surface area (Å²) in [5.41, 5.74) is -1.81. The highest BCUT2D eigenvalue weighted by Crippen LogP contribution is 2.36. The van der Waals surface area contributed by atoms with E-state index < -0.39 is 53.3 Å². The molecule has 0 spiro atoms. The van der Waals surface area contributed by atoms with Crippen LogP contribution in [0.25, 0.3) is 0 Å². The van der Waals surface area contributed by atoms with Crippen LogP contribution in [-0.2, 0) is 9.53 Å². The SMILES string of the molecule is COC(=O)c1ccc2c(c1N=NC1=C(NC(C)=O)N(C)C(=O)N(C)C1O)C(=O)N(C(=O)Oc1ccccc1)C2=O. The number of aliphatic hydroxyl groups excluding tert-OH is 1. The van der Waals surface area contributed by atoms with Crippen LogP contribution in [0.5, 0.6) is 5.75 Å². The fourth-order valence-corrected chi connectivity index (χ4v) is 3.92. The number of rotatable bonds is 5. The van der Waals surface area contributed by atoms with Gasteiger partial charge in [0.05, 0.1) is 23.8 Å². The number of carbonyl (C=O) groups excluding carboxylic acids is 6. The first-order chi connectivity index (χ1) is 19.0. The molecule has 2 aliphatic heterocycles. The fourth-order valence-electron chi connectivity index (χ4n) is 3.92. The van der Waals surface area contributed by atoms with Crippen LogP contribution in [0.3, 0.4) is 0 Å². The van der Waals surface area contributed by atoms with Crippen LogP contribution in [0.4, 0.5) is 15.3 Å². The van der Waals surface area contributed by atoms with Crippen molar-refractivity contribution in [3.05, 3.63) is 70.7 Å². The maximum Gasteiger partial charge on any atom is 0.429 e. The minimum Gasteiger partial charge on any atom is -0.465 e. The first-order valence-electron chi connectivity index (χ1n) is 11.5. The summed E-state index contributed by atoms with van der Waals surface area (Å²) in [6, 6.07) is 9.34. The van der Waals surface area contributed by atoms with Gasteiger partial charge in [0.2, 0.25) is 5.91 Å². The number of benzene rings is 2. The van der Waals surface area contributed by atoms with E-state index in [0.717, 1.165) is 36.0 Å². The molecule has 206 valence electrons. The second-order valence-corrected chi connectivity index (χ2v) is 8.44. The van der Waals surface area contributed by atoms with Crippen LogP contribution < -0.4 is 10.1 Å². The number of amides is 6. The predicted molar refractivity (Wildman–Crippen MR) is 133 cm³/mol. The smallest absolute Gasteiger partial charge is 0.429 e. The zero-order chi connectivity index (χ0) is 29.3. The molecule has 2 aromatic rings. The van der Waals surface area contributed by atoms with E-state index in [2.05, 4.69) is 15.5 Å². The molecule has 1 atom stereocenters. The van der Waals surface area contributed by atoms with Gasteiger partial charge < -0.3 is 19.9 Å². The number of nitrogens with one attached hydrogen (secondary N) is 1. The number of nitrogens with zero attached hydrogens (tertiary/aromatic N) is 5. The maximum atomic E-state index is 13.4. The molecular formula is C25H22N6O9. The number of fused-ring (bicyclic) bond motifs is 1. The van der Waals surface area contributed by atoms with Crippen LogP contribution in [0.15, 0.2) is 64.2 Å². The molecule has 4 rings (SSSR count). The van der Waals surface area contributed by atoms with Crippen LogP contribution in [0.1, 0.15) is 38.0 Å². The number of para-hydroxylation sites is 1. The van der Waals surface area contributed by atoms with Gasteiger partial charge in [0.15, 0.2) is 11.9 Å². The van der Waals surface area contributed by atoms with Gasteiger partial charge in [-0.2, -0.15) is 4.90 Å². The van der Waals surface area contributed by atoms with Gasteiger partial charge >= 0.3 is 18.1 Å². The van der Waals surface area contributed by atoms with Gasteiger partial charge in [0.1, 0.15) is 17.3 Å². The van der Waals surface area contributed by atoms with Crippen molar-refractivity contribution < 1.29 is 43.3 Å². The zero-order valence-corrected chi connectivity index (χ0v) is 21.6. The van der Waals surface area contributed by atoms with Gasteiger partial charge in [-0.3, -0.25) is 24.2 Å². The summed E-state index contributed by atoms with van der Waals surface area (Å²) in [6.07, 6.45) is -2.98. The molecule has 0 fully saturated rings. The van der Waals surface area contributed by atoms with Crippen LogP contribution in [0.2, 0.25) is 0 Å². The highest BCUT2D eigenvalue weighted by Gasteiger charge is 2.44. The lowest BCUT2D eigenvalue weighted by Gasteiger charge is -2.36. The number of likely N-dealkylation sites (N-methyl/N-ethyl adjacent to an activating group) is 1. The standard InChI is InChI=1S/C25H22N6O9/c1-12(32)26-19-18(22(35)30(3)24(37)29(19)2)28-27-17-15(23(36)39-4)11-10-14-16(17)21(34)31(20(14)33)25(38)40-13-8-6-5-7-9-13/h5-11,22,35H,1-4H3,(H,26,32). The molecule has 0 aliphatic carbocycles. The molecule has 0 saturated carbocycles. The van der Waals surface area contributed by atoms with E-state index in [0.29, 0.717) is 0 Å². The summed E-state index contributed by atoms with van der Waals surface area (Å²) in [6.45, 7) is 1.16. The Morgan fingerprint density at radius 3 is 2.27 bits per heavy atom. The Kier molecular flexibility index (Phi) is 7.41. The molecule has 0 bridgehead atoms. The molecule has 15 nitrogen and oxygen atoms in total. The van der Waals surface area contributed by atoms with E-state index in [-0.39, 0.29) is 33.3 Å². The molecule has 2 heterocycles. The lowest BCUT2D eigenvalue weighted by molar-refractivity contribution is -0.118. The summed E-state index contributed by atoms with van der Waals surface area (Å²) in [4.78, 5) is 78.1. The Morgan fingerprint density at radius 2 is 1.65 bits per heavy atom. The summed E-state index contributed by atoms with van der Waals surface area (Å²) < 4.78 is 9.90. The summed E-state index contributed by atoms with van der Waals surface area (Å²) >= 11 is 0. The van der Waals surface area contributed by atoms with E-state index in [1.165, 1.54) is 26.2 Å². The highest BCUT2D eigenvalue weighted by molar-refractivity contribution is 6.30. The number of hydrogen-bond acceptors (Lipinski definition) is 11. The lowest BCUT2D eigenvalue weighted by atomic mass is 10.0. The number of urea groups is 1. The van der Waals surface area contributed by atoms with Crippen molar-refractivity contribution in [1.29, 1.82) is 0 Å². The Bertz CT molecular complexity index is 1520. The van der Waals surface area contributed by atoms with Crippen molar-refractivity contribution in [3.8, 4) is 5.75 Å². The third-order valence-corrected chi connectivity index (χ3v) is 5.89. The van der Waals surface area contributed by atoms with Crippen molar-refractivity contribution in [1.82, 2.24) is 20.0 Å². The number of carbonyl (C=O) groups is 6. The van der Waals surface area contributed by atoms with Crippen LogP contribution in [-0.4, -0.2) is 83.1 Å². The van der Waals surface area contributed by atoms with Gasteiger partial charge in [0.25, 0.3) is 11.8 Å². The summed E-state index contributed by atoms with van der Waals surface area (Å²) in [5, 5.41) is 21.0. The second kappa shape index (κ2) is 10.7. The molecule has 15 heteroatoms. The van der Waals surface area contributed by atoms with Crippen molar-refractivity contribution in [3.63, 3.8) is 0 Å². The van der Waals surface area contributed by atoms with Crippen molar-refractivity contribution >= 4 is 41.5 Å². The Morgan fingerprint density at radius 1 is 0.975 bits per heavy atom. The van der Waals surface area contributed by atoms with Gasteiger partial charge in [-0.1, -0.05) is 18.2 Å². The van der Waals surface area contributed by atoms with Crippen molar-refractivity contribution in [2.24, 2.45) is 10.2 Å².